The summed E-state index contributed by atoms with van der Waals surface area (Å²) in [6.45, 7) is 3.77. The van der Waals surface area contributed by atoms with Gasteiger partial charge in [-0.05, 0) is 56.5 Å². The molecule has 1 saturated carbocycles. The SMILES string of the molecule is Cc1ccc(OCc2cccc(C(=O)N(C3CC3)C(C)C(=O)O)c2)cn1. The predicted molar refractivity (Wildman–Crippen MR) is 96.0 cm³/mol. The van der Waals surface area contributed by atoms with E-state index in [1.807, 2.05) is 25.1 Å². The van der Waals surface area contributed by atoms with Crippen molar-refractivity contribution >= 4 is 11.9 Å². The van der Waals surface area contributed by atoms with Crippen molar-refractivity contribution in [2.24, 2.45) is 0 Å². The van der Waals surface area contributed by atoms with E-state index in [4.69, 9.17) is 4.74 Å². The van der Waals surface area contributed by atoms with Crippen molar-refractivity contribution in [3.63, 3.8) is 0 Å². The van der Waals surface area contributed by atoms with Crippen LogP contribution in [-0.2, 0) is 11.4 Å². The van der Waals surface area contributed by atoms with E-state index in [1.165, 1.54) is 4.90 Å². The van der Waals surface area contributed by atoms with Crippen molar-refractivity contribution in [3.05, 3.63) is 59.4 Å². The second-order valence-corrected chi connectivity index (χ2v) is 6.58. The molecule has 3 rings (SSSR count). The summed E-state index contributed by atoms with van der Waals surface area (Å²) in [6.07, 6.45) is 3.37. The highest BCUT2D eigenvalue weighted by atomic mass is 16.5. The third kappa shape index (κ3) is 4.20. The van der Waals surface area contributed by atoms with Gasteiger partial charge in [-0.15, -0.1) is 0 Å². The number of pyridine rings is 1. The summed E-state index contributed by atoms with van der Waals surface area (Å²) >= 11 is 0. The Morgan fingerprint density at radius 2 is 2.08 bits per heavy atom. The Morgan fingerprint density at radius 1 is 1.31 bits per heavy atom. The van der Waals surface area contributed by atoms with E-state index in [1.54, 1.807) is 31.3 Å². The van der Waals surface area contributed by atoms with Crippen molar-refractivity contribution < 1.29 is 19.4 Å². The molecule has 1 aliphatic rings. The number of hydrogen-bond donors (Lipinski definition) is 1. The molecule has 6 heteroatoms. The first-order chi connectivity index (χ1) is 12.5. The molecular weight excluding hydrogens is 332 g/mol. The number of carbonyl (C=O) groups is 2. The Labute approximate surface area is 152 Å². The minimum Gasteiger partial charge on any atom is -0.487 e. The average molecular weight is 354 g/mol. The van der Waals surface area contributed by atoms with Gasteiger partial charge >= 0.3 is 5.97 Å². The number of benzene rings is 1. The fourth-order valence-electron chi connectivity index (χ4n) is 2.78. The molecule has 6 nitrogen and oxygen atoms in total. The lowest BCUT2D eigenvalue weighted by Gasteiger charge is -2.26. The summed E-state index contributed by atoms with van der Waals surface area (Å²) in [5.74, 6) is -0.579. The van der Waals surface area contributed by atoms with E-state index in [0.29, 0.717) is 17.9 Å². The Kier molecular flexibility index (Phi) is 5.21. The van der Waals surface area contributed by atoms with Crippen LogP contribution in [0.2, 0.25) is 0 Å². The van der Waals surface area contributed by atoms with Crippen LogP contribution in [-0.4, -0.2) is 39.0 Å². The zero-order valence-corrected chi connectivity index (χ0v) is 14.9. The van der Waals surface area contributed by atoms with E-state index in [0.717, 1.165) is 24.1 Å². The number of aliphatic carboxylic acids is 1. The van der Waals surface area contributed by atoms with Gasteiger partial charge in [-0.25, -0.2) is 4.79 Å². The smallest absolute Gasteiger partial charge is 0.326 e. The zero-order chi connectivity index (χ0) is 18.7. The molecule has 0 aliphatic heterocycles. The average Bonchev–Trinajstić information content (AvgIpc) is 3.46. The van der Waals surface area contributed by atoms with E-state index < -0.39 is 12.0 Å². The maximum absolute atomic E-state index is 12.8. The number of aromatic nitrogens is 1. The molecule has 1 N–H and O–H groups in total. The number of nitrogens with zero attached hydrogens (tertiary/aromatic N) is 2. The molecule has 0 radical (unpaired) electrons. The monoisotopic (exact) mass is 354 g/mol. The van der Waals surface area contributed by atoms with Gasteiger partial charge in [0.15, 0.2) is 0 Å². The second-order valence-electron chi connectivity index (χ2n) is 6.58. The number of rotatable bonds is 7. The van der Waals surface area contributed by atoms with Gasteiger partial charge in [0, 0.05) is 17.3 Å². The molecule has 136 valence electrons. The van der Waals surface area contributed by atoms with E-state index in [9.17, 15) is 14.7 Å². The lowest BCUT2D eigenvalue weighted by molar-refractivity contribution is -0.141. The molecule has 26 heavy (non-hydrogen) atoms. The molecule has 2 aromatic rings. The minimum absolute atomic E-state index is 0.0205. The molecule has 1 aliphatic carbocycles. The van der Waals surface area contributed by atoms with Crippen molar-refractivity contribution in [3.8, 4) is 5.75 Å². The molecule has 0 bridgehead atoms. The molecule has 1 atom stereocenters. The van der Waals surface area contributed by atoms with Crippen molar-refractivity contribution in [2.75, 3.05) is 0 Å². The van der Waals surface area contributed by atoms with Crippen LogP contribution in [0.1, 0.15) is 41.4 Å². The standard InChI is InChI=1S/C20H22N2O4/c1-13-6-9-18(11-21-13)26-12-15-4-3-5-16(10-15)19(23)22(17-7-8-17)14(2)20(24)25/h3-6,9-11,14,17H,7-8,12H2,1-2H3,(H,24,25). The van der Waals surface area contributed by atoms with Gasteiger partial charge in [0.05, 0.1) is 6.20 Å². The van der Waals surface area contributed by atoms with Crippen LogP contribution < -0.4 is 4.74 Å². The number of aryl methyl sites for hydroxylation is 1. The quantitative estimate of drug-likeness (QED) is 0.827. The highest BCUT2D eigenvalue weighted by Crippen LogP contribution is 2.30. The molecule has 1 unspecified atom stereocenters. The maximum Gasteiger partial charge on any atom is 0.326 e. The first kappa shape index (κ1) is 17.9. The summed E-state index contributed by atoms with van der Waals surface area (Å²) in [7, 11) is 0. The minimum atomic E-state index is -0.989. The highest BCUT2D eigenvalue weighted by molar-refractivity contribution is 5.97. The van der Waals surface area contributed by atoms with Crippen molar-refractivity contribution in [1.82, 2.24) is 9.88 Å². The van der Waals surface area contributed by atoms with Gasteiger partial charge in [0.25, 0.3) is 5.91 Å². The Hall–Kier alpha value is -2.89. The maximum atomic E-state index is 12.8. The second kappa shape index (κ2) is 7.56. The third-order valence-corrected chi connectivity index (χ3v) is 4.41. The number of carbonyl (C=O) groups excluding carboxylic acids is 1. The Bertz CT molecular complexity index is 800. The lowest BCUT2D eigenvalue weighted by atomic mass is 10.1. The summed E-state index contributed by atoms with van der Waals surface area (Å²) in [4.78, 5) is 29.8. The molecule has 1 fully saturated rings. The van der Waals surface area contributed by atoms with Crippen LogP contribution in [0.3, 0.4) is 0 Å². The van der Waals surface area contributed by atoms with Crippen LogP contribution >= 0.6 is 0 Å². The van der Waals surface area contributed by atoms with E-state index in [2.05, 4.69) is 4.98 Å². The topological polar surface area (TPSA) is 79.7 Å². The van der Waals surface area contributed by atoms with Crippen molar-refractivity contribution in [1.29, 1.82) is 0 Å². The van der Waals surface area contributed by atoms with Gasteiger partial charge in [-0.2, -0.15) is 0 Å². The summed E-state index contributed by atoms with van der Waals surface area (Å²) in [5, 5.41) is 9.29. The molecule has 1 amide bonds. The van der Waals surface area contributed by atoms with Crippen LogP contribution in [0.15, 0.2) is 42.6 Å². The van der Waals surface area contributed by atoms with Gasteiger partial charge in [-0.3, -0.25) is 9.78 Å². The zero-order valence-electron chi connectivity index (χ0n) is 14.9. The van der Waals surface area contributed by atoms with Gasteiger partial charge < -0.3 is 14.7 Å². The number of hydrogen-bond acceptors (Lipinski definition) is 4. The fraction of sp³-hybridized carbons (Fsp3) is 0.350. The van der Waals surface area contributed by atoms with Crippen LogP contribution in [0.5, 0.6) is 5.75 Å². The molecule has 0 spiro atoms. The van der Waals surface area contributed by atoms with Crippen LogP contribution in [0.4, 0.5) is 0 Å². The van der Waals surface area contributed by atoms with Crippen LogP contribution in [0.25, 0.3) is 0 Å². The Balaban J connectivity index is 1.72. The Morgan fingerprint density at radius 3 is 2.69 bits per heavy atom. The third-order valence-electron chi connectivity index (χ3n) is 4.41. The largest absolute Gasteiger partial charge is 0.487 e. The highest BCUT2D eigenvalue weighted by Gasteiger charge is 2.38. The molecule has 0 saturated heterocycles. The molecule has 1 aromatic heterocycles. The van der Waals surface area contributed by atoms with Gasteiger partial charge in [-0.1, -0.05) is 12.1 Å². The first-order valence-electron chi connectivity index (χ1n) is 8.65. The van der Waals surface area contributed by atoms with E-state index >= 15 is 0 Å². The normalized spacial score (nSPS) is 14.5. The predicted octanol–water partition coefficient (Wildman–Crippen LogP) is 3.05. The summed E-state index contributed by atoms with van der Waals surface area (Å²) in [6, 6.07) is 10.0. The fourth-order valence-corrected chi connectivity index (χ4v) is 2.78. The number of amides is 1. The first-order valence-corrected chi connectivity index (χ1v) is 8.65. The molecule has 1 heterocycles. The van der Waals surface area contributed by atoms with Gasteiger partial charge in [0.2, 0.25) is 0 Å². The summed E-state index contributed by atoms with van der Waals surface area (Å²) in [5.41, 5.74) is 2.24. The van der Waals surface area contributed by atoms with Crippen molar-refractivity contribution in [2.45, 2.75) is 45.4 Å². The molecular formula is C20H22N2O4. The van der Waals surface area contributed by atoms with E-state index in [-0.39, 0.29) is 11.9 Å². The number of carboxylic acid groups (broad SMARTS) is 1. The van der Waals surface area contributed by atoms with Gasteiger partial charge in [0.1, 0.15) is 18.4 Å². The number of carboxylic acids is 1. The van der Waals surface area contributed by atoms with Crippen LogP contribution in [0, 0.1) is 6.92 Å². The summed E-state index contributed by atoms with van der Waals surface area (Å²) < 4.78 is 5.71. The number of ether oxygens (including phenoxy) is 1. The lowest BCUT2D eigenvalue weighted by Crippen LogP contribution is -2.44. The molecule has 1 aromatic carbocycles.